The highest BCUT2D eigenvalue weighted by Gasteiger charge is 2.13. The van der Waals surface area contributed by atoms with Crippen molar-refractivity contribution in [1.82, 2.24) is 14.6 Å². The largest absolute Gasteiger partial charge is 0.497 e. The van der Waals surface area contributed by atoms with Gasteiger partial charge in [0.15, 0.2) is 5.82 Å². The summed E-state index contributed by atoms with van der Waals surface area (Å²) in [7, 11) is 1.66. The molecule has 0 saturated heterocycles. The molecular weight excluding hydrogens is 260 g/mol. The number of nitrogens with zero attached hydrogens (tertiary/aromatic N) is 3. The molecule has 6 heteroatoms. The smallest absolute Gasteiger partial charge is 0.216 e. The Morgan fingerprint density at radius 1 is 1.37 bits per heavy atom. The maximum Gasteiger partial charge on any atom is 0.216 e. The van der Waals surface area contributed by atoms with E-state index in [1.165, 1.54) is 0 Å². The molecule has 1 aromatic carbocycles. The molecule has 19 heavy (non-hydrogen) atoms. The Morgan fingerprint density at radius 3 is 3.05 bits per heavy atom. The molecule has 3 rings (SSSR count). The van der Waals surface area contributed by atoms with Crippen molar-refractivity contribution < 1.29 is 4.74 Å². The van der Waals surface area contributed by atoms with Crippen LogP contribution in [0.3, 0.4) is 0 Å². The van der Waals surface area contributed by atoms with E-state index in [0.717, 1.165) is 34.2 Å². The second-order valence-corrected chi connectivity index (χ2v) is 4.98. The average Bonchev–Trinajstić information content (AvgIpc) is 3.02. The van der Waals surface area contributed by atoms with Crippen molar-refractivity contribution in [1.29, 1.82) is 0 Å². The van der Waals surface area contributed by atoms with Crippen molar-refractivity contribution in [3.8, 4) is 17.1 Å². The molecule has 0 aliphatic rings. The van der Waals surface area contributed by atoms with Gasteiger partial charge < -0.3 is 10.5 Å². The summed E-state index contributed by atoms with van der Waals surface area (Å²) in [6.45, 7) is 0.613. The van der Waals surface area contributed by atoms with Crippen LogP contribution >= 0.6 is 11.3 Å². The summed E-state index contributed by atoms with van der Waals surface area (Å²) in [5.41, 5.74) is 7.78. The third-order valence-electron chi connectivity index (χ3n) is 2.95. The number of thiazole rings is 1. The van der Waals surface area contributed by atoms with Gasteiger partial charge in [-0.3, -0.25) is 4.40 Å². The van der Waals surface area contributed by atoms with Crippen LogP contribution in [0.4, 0.5) is 0 Å². The van der Waals surface area contributed by atoms with Gasteiger partial charge in [-0.15, -0.1) is 21.5 Å². The van der Waals surface area contributed by atoms with Crippen molar-refractivity contribution >= 4 is 16.3 Å². The molecular formula is C13H14N4OS. The summed E-state index contributed by atoms with van der Waals surface area (Å²) in [4.78, 5) is 0.890. The summed E-state index contributed by atoms with van der Waals surface area (Å²) in [6, 6.07) is 7.82. The Hall–Kier alpha value is -1.92. The molecule has 0 saturated carbocycles. The molecule has 5 nitrogen and oxygen atoms in total. The van der Waals surface area contributed by atoms with E-state index in [1.807, 2.05) is 24.3 Å². The average molecular weight is 274 g/mol. The fourth-order valence-electron chi connectivity index (χ4n) is 2.05. The quantitative estimate of drug-likeness (QED) is 0.790. The zero-order valence-corrected chi connectivity index (χ0v) is 11.4. The summed E-state index contributed by atoms with van der Waals surface area (Å²) in [5.74, 6) is 1.64. The second-order valence-electron chi connectivity index (χ2n) is 4.14. The maximum absolute atomic E-state index is 5.64. The normalized spacial score (nSPS) is 11.1. The molecule has 2 aromatic heterocycles. The van der Waals surface area contributed by atoms with Crippen molar-refractivity contribution in [2.75, 3.05) is 13.7 Å². The van der Waals surface area contributed by atoms with Gasteiger partial charge in [-0.25, -0.2) is 0 Å². The molecule has 0 spiro atoms. The first-order valence-corrected chi connectivity index (χ1v) is 6.87. The van der Waals surface area contributed by atoms with Crippen LogP contribution in [0.5, 0.6) is 5.75 Å². The van der Waals surface area contributed by atoms with Crippen LogP contribution in [-0.2, 0) is 6.42 Å². The Kier molecular flexibility index (Phi) is 3.18. The number of rotatable bonds is 4. The lowest BCUT2D eigenvalue weighted by Gasteiger charge is -2.04. The van der Waals surface area contributed by atoms with Crippen molar-refractivity contribution in [2.24, 2.45) is 5.73 Å². The first-order chi connectivity index (χ1) is 9.33. The number of hydrogen-bond donors (Lipinski definition) is 1. The van der Waals surface area contributed by atoms with Crippen molar-refractivity contribution in [2.45, 2.75) is 6.42 Å². The van der Waals surface area contributed by atoms with Crippen LogP contribution in [0.2, 0.25) is 0 Å². The summed E-state index contributed by atoms with van der Waals surface area (Å²) >= 11 is 1.58. The highest BCUT2D eigenvalue weighted by molar-refractivity contribution is 7.15. The zero-order chi connectivity index (χ0) is 13.2. The molecule has 2 heterocycles. The number of hydrogen-bond acceptors (Lipinski definition) is 5. The zero-order valence-electron chi connectivity index (χ0n) is 10.5. The Bertz CT molecular complexity index is 704. The molecule has 0 radical (unpaired) electrons. The molecule has 0 fully saturated rings. The first kappa shape index (κ1) is 12.1. The molecule has 0 aliphatic heterocycles. The van der Waals surface area contributed by atoms with Gasteiger partial charge in [0, 0.05) is 23.1 Å². The molecule has 0 atom stereocenters. The fraction of sp³-hybridized carbons (Fsp3) is 0.231. The van der Waals surface area contributed by atoms with E-state index in [-0.39, 0.29) is 0 Å². The summed E-state index contributed by atoms with van der Waals surface area (Å²) < 4.78 is 7.31. The molecule has 0 unspecified atom stereocenters. The molecule has 0 amide bonds. The van der Waals surface area contributed by atoms with Gasteiger partial charge in [-0.2, -0.15) is 0 Å². The maximum atomic E-state index is 5.64. The third-order valence-corrected chi connectivity index (χ3v) is 3.81. The predicted molar refractivity (Wildman–Crippen MR) is 75.6 cm³/mol. The standard InChI is InChI=1S/C13H14N4OS/c1-18-11-4-2-3-9(7-11)12-15-16-13-17(12)10(5-6-14)8-19-13/h2-4,7-8H,5-6,14H2,1H3. The van der Waals surface area contributed by atoms with Crippen LogP contribution in [0.1, 0.15) is 5.69 Å². The number of methoxy groups -OCH3 is 1. The van der Waals surface area contributed by atoms with Gasteiger partial charge >= 0.3 is 0 Å². The highest BCUT2D eigenvalue weighted by atomic mass is 32.1. The SMILES string of the molecule is COc1cccc(-c2nnc3scc(CCN)n23)c1. The number of nitrogens with two attached hydrogens (primary N) is 1. The number of aromatic nitrogens is 3. The first-order valence-electron chi connectivity index (χ1n) is 5.99. The Morgan fingerprint density at radius 2 is 2.26 bits per heavy atom. The molecule has 0 bridgehead atoms. The van der Waals surface area contributed by atoms with Crippen molar-refractivity contribution in [3.05, 3.63) is 35.3 Å². The number of fused-ring (bicyclic) bond motifs is 1. The number of ether oxygens (including phenoxy) is 1. The molecule has 3 aromatic rings. The van der Waals surface area contributed by atoms with Gasteiger partial charge in [-0.1, -0.05) is 12.1 Å². The van der Waals surface area contributed by atoms with Gasteiger partial charge in [0.2, 0.25) is 4.96 Å². The lowest BCUT2D eigenvalue weighted by atomic mass is 10.2. The minimum Gasteiger partial charge on any atom is -0.497 e. The molecule has 2 N–H and O–H groups in total. The van der Waals surface area contributed by atoms with Gasteiger partial charge in [0.05, 0.1) is 7.11 Å². The summed E-state index contributed by atoms with van der Waals surface area (Å²) in [5, 5.41) is 10.6. The van der Waals surface area contributed by atoms with Gasteiger partial charge in [-0.05, 0) is 18.7 Å². The molecule has 0 aliphatic carbocycles. The van der Waals surface area contributed by atoms with E-state index in [2.05, 4.69) is 20.0 Å². The minimum absolute atomic E-state index is 0.613. The van der Waals surface area contributed by atoms with Crippen LogP contribution < -0.4 is 10.5 Å². The topological polar surface area (TPSA) is 65.4 Å². The van der Waals surface area contributed by atoms with E-state index >= 15 is 0 Å². The van der Waals surface area contributed by atoms with E-state index in [1.54, 1.807) is 18.4 Å². The van der Waals surface area contributed by atoms with Gasteiger partial charge in [0.1, 0.15) is 5.75 Å². The van der Waals surface area contributed by atoms with Crippen LogP contribution in [0, 0.1) is 0 Å². The highest BCUT2D eigenvalue weighted by Crippen LogP contribution is 2.26. The lowest BCUT2D eigenvalue weighted by Crippen LogP contribution is -2.05. The Balaban J connectivity index is 2.15. The lowest BCUT2D eigenvalue weighted by molar-refractivity contribution is 0.415. The summed E-state index contributed by atoms with van der Waals surface area (Å²) in [6.07, 6.45) is 0.814. The van der Waals surface area contributed by atoms with Gasteiger partial charge in [0.25, 0.3) is 0 Å². The van der Waals surface area contributed by atoms with Crippen LogP contribution in [-0.4, -0.2) is 28.3 Å². The fourth-order valence-corrected chi connectivity index (χ4v) is 2.91. The second kappa shape index (κ2) is 4.99. The van der Waals surface area contributed by atoms with E-state index in [0.29, 0.717) is 6.54 Å². The third kappa shape index (κ3) is 2.09. The van der Waals surface area contributed by atoms with Crippen LogP contribution in [0.25, 0.3) is 16.3 Å². The van der Waals surface area contributed by atoms with E-state index < -0.39 is 0 Å². The van der Waals surface area contributed by atoms with E-state index in [4.69, 9.17) is 10.5 Å². The molecule has 98 valence electrons. The predicted octanol–water partition coefficient (Wildman–Crippen LogP) is 1.97. The van der Waals surface area contributed by atoms with Crippen LogP contribution in [0.15, 0.2) is 29.6 Å². The monoisotopic (exact) mass is 274 g/mol. The van der Waals surface area contributed by atoms with E-state index in [9.17, 15) is 0 Å². The number of benzene rings is 1. The Labute approximate surface area is 114 Å². The minimum atomic E-state index is 0.613. The van der Waals surface area contributed by atoms with Crippen molar-refractivity contribution in [3.63, 3.8) is 0 Å².